The Hall–Kier alpha value is -2.66. The molecular formula is C27H36N2O3. The van der Waals surface area contributed by atoms with Crippen molar-refractivity contribution in [3.63, 3.8) is 0 Å². The molecule has 2 aromatic rings. The third-order valence-electron chi connectivity index (χ3n) is 6.43. The molecule has 0 aromatic heterocycles. The molecule has 0 aliphatic carbocycles. The van der Waals surface area contributed by atoms with E-state index in [1.54, 1.807) is 0 Å². The van der Waals surface area contributed by atoms with Crippen LogP contribution < -0.4 is 5.32 Å². The summed E-state index contributed by atoms with van der Waals surface area (Å²) in [6.07, 6.45) is 3.13. The Balaban J connectivity index is 1.45. The van der Waals surface area contributed by atoms with E-state index < -0.39 is 6.10 Å². The minimum Gasteiger partial charge on any atom is -0.451 e. The van der Waals surface area contributed by atoms with Crippen LogP contribution in [0.3, 0.4) is 0 Å². The summed E-state index contributed by atoms with van der Waals surface area (Å²) in [5.41, 5.74) is 2.68. The van der Waals surface area contributed by atoms with E-state index in [0.717, 1.165) is 45.3 Å². The number of nitrogens with zero attached hydrogens (tertiary/aromatic N) is 1. The van der Waals surface area contributed by atoms with Gasteiger partial charge in [0.25, 0.3) is 5.91 Å². The normalized spacial score (nSPS) is 18.7. The smallest absolute Gasteiger partial charge is 0.314 e. The maximum atomic E-state index is 12.5. The third kappa shape index (κ3) is 6.92. The van der Waals surface area contributed by atoms with Crippen molar-refractivity contribution in [3.8, 4) is 0 Å². The number of hydrogen-bond acceptors (Lipinski definition) is 4. The van der Waals surface area contributed by atoms with Crippen LogP contribution in [0.4, 0.5) is 0 Å². The topological polar surface area (TPSA) is 58.6 Å². The van der Waals surface area contributed by atoms with Gasteiger partial charge >= 0.3 is 5.97 Å². The summed E-state index contributed by atoms with van der Waals surface area (Å²) < 4.78 is 5.13. The number of cyclic esters (lactones) is 1. The fraction of sp³-hybridized carbons (Fsp3) is 0.481. The number of hydrogen-bond donors (Lipinski definition) is 1. The summed E-state index contributed by atoms with van der Waals surface area (Å²) in [4.78, 5) is 26.7. The number of carbonyl (C=O) groups excluding carboxylic acids is 2. The predicted molar refractivity (Wildman–Crippen MR) is 127 cm³/mol. The Morgan fingerprint density at radius 3 is 2.03 bits per heavy atom. The van der Waals surface area contributed by atoms with Crippen LogP contribution >= 0.6 is 0 Å². The minimum absolute atomic E-state index is 0.157. The first kappa shape index (κ1) is 24.0. The summed E-state index contributed by atoms with van der Waals surface area (Å²) in [6, 6.07) is 21.1. The zero-order valence-corrected chi connectivity index (χ0v) is 19.3. The third-order valence-corrected chi connectivity index (χ3v) is 6.43. The zero-order chi connectivity index (χ0) is 22.8. The first-order chi connectivity index (χ1) is 15.6. The van der Waals surface area contributed by atoms with Gasteiger partial charge in [-0.3, -0.25) is 9.59 Å². The van der Waals surface area contributed by atoms with Gasteiger partial charge in [0.05, 0.1) is 0 Å². The molecule has 1 fully saturated rings. The van der Waals surface area contributed by atoms with E-state index in [4.69, 9.17) is 4.74 Å². The predicted octanol–water partition coefficient (Wildman–Crippen LogP) is 3.87. The number of amides is 1. The standard InChI is InChI=1S/C27H36N2O3/c1-3-21(2)24-25(32-27(24)31)26(30)28-17-10-18-29(19-15-22-11-6-4-7-12-22)20-16-23-13-8-5-9-14-23/h4-9,11-14,21,24-25H,3,10,15-20H2,1-2H3,(H,28,30)/t21-,24+,25-/m1/s1. The lowest BCUT2D eigenvalue weighted by atomic mass is 9.83. The van der Waals surface area contributed by atoms with E-state index in [2.05, 4.69) is 58.7 Å². The van der Waals surface area contributed by atoms with Crippen LogP contribution in [0.25, 0.3) is 0 Å². The molecule has 3 atom stereocenters. The SMILES string of the molecule is CC[C@@H](C)[C@@H]1C(=O)O[C@H]1C(=O)NCCCN(CCc1ccccc1)CCc1ccccc1. The average molecular weight is 437 g/mol. The molecule has 5 nitrogen and oxygen atoms in total. The fourth-order valence-electron chi connectivity index (χ4n) is 4.14. The summed E-state index contributed by atoms with van der Waals surface area (Å²) >= 11 is 0. The molecule has 1 aliphatic rings. The van der Waals surface area contributed by atoms with E-state index in [1.165, 1.54) is 11.1 Å². The van der Waals surface area contributed by atoms with Gasteiger partial charge in [0.2, 0.25) is 0 Å². The molecule has 1 N–H and O–H groups in total. The van der Waals surface area contributed by atoms with E-state index in [0.29, 0.717) is 6.54 Å². The molecule has 0 saturated carbocycles. The van der Waals surface area contributed by atoms with E-state index in [9.17, 15) is 9.59 Å². The van der Waals surface area contributed by atoms with Gasteiger partial charge < -0.3 is 15.0 Å². The van der Waals surface area contributed by atoms with E-state index in [-0.39, 0.29) is 23.7 Å². The van der Waals surface area contributed by atoms with Crippen molar-refractivity contribution in [1.82, 2.24) is 10.2 Å². The van der Waals surface area contributed by atoms with Gasteiger partial charge in [-0.05, 0) is 42.9 Å². The van der Waals surface area contributed by atoms with Crippen molar-refractivity contribution < 1.29 is 14.3 Å². The zero-order valence-electron chi connectivity index (χ0n) is 19.3. The molecule has 0 radical (unpaired) electrons. The molecule has 3 rings (SSSR count). The highest BCUT2D eigenvalue weighted by Crippen LogP contribution is 2.31. The van der Waals surface area contributed by atoms with Gasteiger partial charge in [-0.25, -0.2) is 0 Å². The maximum Gasteiger partial charge on any atom is 0.314 e. The summed E-state index contributed by atoms with van der Waals surface area (Å²) in [5, 5.41) is 2.97. The summed E-state index contributed by atoms with van der Waals surface area (Å²) in [6.45, 7) is 7.52. The lowest BCUT2D eigenvalue weighted by Gasteiger charge is -2.37. The molecule has 1 amide bonds. The maximum absolute atomic E-state index is 12.5. The van der Waals surface area contributed by atoms with Crippen LogP contribution in [0.2, 0.25) is 0 Å². The number of ether oxygens (including phenoxy) is 1. The Labute approximate surface area is 192 Å². The van der Waals surface area contributed by atoms with Crippen LogP contribution in [-0.2, 0) is 27.2 Å². The second-order valence-electron chi connectivity index (χ2n) is 8.73. The van der Waals surface area contributed by atoms with Gasteiger partial charge in [-0.15, -0.1) is 0 Å². The highest BCUT2D eigenvalue weighted by atomic mass is 16.6. The molecule has 1 saturated heterocycles. The van der Waals surface area contributed by atoms with Crippen molar-refractivity contribution >= 4 is 11.9 Å². The second-order valence-corrected chi connectivity index (χ2v) is 8.73. The van der Waals surface area contributed by atoms with Crippen LogP contribution in [0, 0.1) is 11.8 Å². The van der Waals surface area contributed by atoms with Gasteiger partial charge in [0.1, 0.15) is 5.92 Å². The number of carbonyl (C=O) groups is 2. The van der Waals surface area contributed by atoms with Crippen LogP contribution in [-0.4, -0.2) is 49.1 Å². The molecule has 2 aromatic carbocycles. The molecular weight excluding hydrogens is 400 g/mol. The summed E-state index contributed by atoms with van der Waals surface area (Å²) in [5.74, 6) is -0.533. The first-order valence-corrected chi connectivity index (χ1v) is 11.9. The summed E-state index contributed by atoms with van der Waals surface area (Å²) in [7, 11) is 0. The molecule has 1 aliphatic heterocycles. The number of benzene rings is 2. The Morgan fingerprint density at radius 2 is 1.53 bits per heavy atom. The lowest BCUT2D eigenvalue weighted by molar-refractivity contribution is -0.193. The van der Waals surface area contributed by atoms with Crippen LogP contribution in [0.1, 0.15) is 37.8 Å². The van der Waals surface area contributed by atoms with Crippen molar-refractivity contribution in [3.05, 3.63) is 71.8 Å². The largest absolute Gasteiger partial charge is 0.451 e. The quantitative estimate of drug-likeness (QED) is 0.383. The Kier molecular flexibility index (Phi) is 9.29. The molecule has 172 valence electrons. The fourth-order valence-corrected chi connectivity index (χ4v) is 4.14. The molecule has 0 spiro atoms. The number of esters is 1. The van der Waals surface area contributed by atoms with Gasteiger partial charge in [0, 0.05) is 19.6 Å². The van der Waals surface area contributed by atoms with Gasteiger partial charge in [0.15, 0.2) is 6.10 Å². The van der Waals surface area contributed by atoms with Crippen molar-refractivity contribution in [2.24, 2.45) is 11.8 Å². The number of rotatable bonds is 13. The first-order valence-electron chi connectivity index (χ1n) is 11.9. The van der Waals surface area contributed by atoms with Crippen molar-refractivity contribution in [2.45, 2.75) is 45.6 Å². The molecule has 5 heteroatoms. The molecule has 1 heterocycles. The highest BCUT2D eigenvalue weighted by molar-refractivity contribution is 5.94. The Bertz CT molecular complexity index is 797. The highest BCUT2D eigenvalue weighted by Gasteiger charge is 2.49. The van der Waals surface area contributed by atoms with Gasteiger partial charge in [-0.2, -0.15) is 0 Å². The van der Waals surface area contributed by atoms with Crippen LogP contribution in [0.5, 0.6) is 0 Å². The minimum atomic E-state index is -0.621. The van der Waals surface area contributed by atoms with Crippen molar-refractivity contribution in [2.75, 3.05) is 26.2 Å². The van der Waals surface area contributed by atoms with Crippen molar-refractivity contribution in [1.29, 1.82) is 0 Å². The van der Waals surface area contributed by atoms with E-state index in [1.807, 2.05) is 26.0 Å². The monoisotopic (exact) mass is 436 g/mol. The molecule has 0 unspecified atom stereocenters. The second kappa shape index (κ2) is 12.4. The van der Waals surface area contributed by atoms with Crippen LogP contribution in [0.15, 0.2) is 60.7 Å². The number of nitrogens with one attached hydrogen (secondary N) is 1. The Morgan fingerprint density at radius 1 is 0.969 bits per heavy atom. The van der Waals surface area contributed by atoms with Gasteiger partial charge in [-0.1, -0.05) is 80.9 Å². The lowest BCUT2D eigenvalue weighted by Crippen LogP contribution is -2.56. The van der Waals surface area contributed by atoms with E-state index >= 15 is 0 Å². The molecule has 32 heavy (non-hydrogen) atoms. The average Bonchev–Trinajstić information content (AvgIpc) is 2.82. The molecule has 0 bridgehead atoms.